The smallest absolute Gasteiger partial charge is 0.331 e. The highest BCUT2D eigenvalue weighted by atomic mass is 16.6. The number of aromatic amines is 1. The maximum Gasteiger partial charge on any atom is 0.331 e. The first kappa shape index (κ1) is 16.2. The van der Waals surface area contributed by atoms with Crippen molar-refractivity contribution in [3.8, 4) is 5.75 Å². The molecule has 7 nitrogen and oxygen atoms in total. The summed E-state index contributed by atoms with van der Waals surface area (Å²) in [6, 6.07) is 3.96. The minimum absolute atomic E-state index is 0.151. The van der Waals surface area contributed by atoms with E-state index in [4.69, 9.17) is 4.74 Å². The highest BCUT2D eigenvalue weighted by molar-refractivity contribution is 5.89. The molecule has 0 spiro atoms. The van der Waals surface area contributed by atoms with E-state index in [0.29, 0.717) is 13.0 Å². The second-order valence-electron chi connectivity index (χ2n) is 6.34. The van der Waals surface area contributed by atoms with Crippen molar-refractivity contribution >= 4 is 22.9 Å². The number of aromatic nitrogens is 1. The van der Waals surface area contributed by atoms with Crippen LogP contribution in [-0.2, 0) is 16.0 Å². The predicted octanol–water partition coefficient (Wildman–Crippen LogP) is 2.11. The molecule has 1 aliphatic rings. The average molecular weight is 331 g/mol. The molecule has 0 radical (unpaired) electrons. The highest BCUT2D eigenvalue weighted by Gasteiger charge is 2.50. The van der Waals surface area contributed by atoms with Crippen molar-refractivity contribution in [2.45, 2.75) is 39.0 Å². The number of hydrogen-bond donors (Lipinski definition) is 3. The number of amides is 2. The molecule has 1 atom stereocenters. The third-order valence-corrected chi connectivity index (χ3v) is 4.23. The average Bonchev–Trinajstić information content (AvgIpc) is 2.98. The summed E-state index contributed by atoms with van der Waals surface area (Å²) in [5, 5.41) is 13.2. The molecule has 3 N–H and O–H groups in total. The van der Waals surface area contributed by atoms with Gasteiger partial charge in [0.15, 0.2) is 5.72 Å². The Labute approximate surface area is 139 Å². The van der Waals surface area contributed by atoms with Gasteiger partial charge in [-0.2, -0.15) is 0 Å². The molecule has 0 saturated carbocycles. The number of H-pyrrole nitrogens is 1. The van der Waals surface area contributed by atoms with Gasteiger partial charge in [0, 0.05) is 30.1 Å². The van der Waals surface area contributed by atoms with E-state index >= 15 is 0 Å². The molecule has 1 aromatic carbocycles. The molecular formula is C17H21N3O4. The summed E-state index contributed by atoms with van der Waals surface area (Å²) in [6.45, 7) is 5.68. The Morgan fingerprint density at radius 1 is 1.46 bits per heavy atom. The van der Waals surface area contributed by atoms with Gasteiger partial charge in [0.2, 0.25) is 0 Å². The molecule has 3 rings (SSSR count). The molecule has 0 aliphatic carbocycles. The third-order valence-electron chi connectivity index (χ3n) is 4.23. The number of phenols is 1. The minimum Gasteiger partial charge on any atom is -0.508 e. The van der Waals surface area contributed by atoms with Crippen LogP contribution in [0.25, 0.3) is 10.9 Å². The third kappa shape index (κ3) is 2.66. The highest BCUT2D eigenvalue weighted by Crippen LogP contribution is 2.32. The summed E-state index contributed by atoms with van der Waals surface area (Å²) in [6.07, 6.45) is 2.10. The van der Waals surface area contributed by atoms with Crippen molar-refractivity contribution in [3.63, 3.8) is 0 Å². The lowest BCUT2D eigenvalue weighted by atomic mass is 10.0. The number of esters is 1. The lowest BCUT2D eigenvalue weighted by Gasteiger charge is -2.31. The van der Waals surface area contributed by atoms with Gasteiger partial charge in [0.25, 0.3) is 0 Å². The van der Waals surface area contributed by atoms with Gasteiger partial charge in [-0.1, -0.05) is 0 Å². The molecule has 1 saturated heterocycles. The Bertz CT molecular complexity index is 796. The van der Waals surface area contributed by atoms with E-state index in [-0.39, 0.29) is 11.8 Å². The first-order valence-electron chi connectivity index (χ1n) is 7.92. The van der Waals surface area contributed by atoms with Crippen molar-refractivity contribution < 1.29 is 19.4 Å². The van der Waals surface area contributed by atoms with E-state index in [1.165, 1.54) is 4.90 Å². The maximum absolute atomic E-state index is 12.4. The number of benzene rings is 1. The number of rotatable bonds is 3. The quantitative estimate of drug-likeness (QED) is 0.751. The van der Waals surface area contributed by atoms with E-state index in [0.717, 1.165) is 16.5 Å². The number of nitrogens with one attached hydrogen (secondary N) is 2. The zero-order valence-electron chi connectivity index (χ0n) is 13.9. The monoisotopic (exact) mass is 331 g/mol. The zero-order chi connectivity index (χ0) is 17.5. The summed E-state index contributed by atoms with van der Waals surface area (Å²) in [5.74, 6) is -0.279. The van der Waals surface area contributed by atoms with Crippen LogP contribution < -0.4 is 5.32 Å². The summed E-state index contributed by atoms with van der Waals surface area (Å²) in [4.78, 5) is 29.3. The van der Waals surface area contributed by atoms with E-state index in [2.05, 4.69) is 10.3 Å². The van der Waals surface area contributed by atoms with Crippen LogP contribution >= 0.6 is 0 Å². The van der Waals surface area contributed by atoms with Gasteiger partial charge in [0.1, 0.15) is 11.8 Å². The molecule has 1 fully saturated rings. The van der Waals surface area contributed by atoms with Crippen LogP contribution in [-0.4, -0.2) is 45.3 Å². The Morgan fingerprint density at radius 3 is 2.92 bits per heavy atom. The number of aromatic hydroxyl groups is 1. The van der Waals surface area contributed by atoms with Crippen LogP contribution in [0.3, 0.4) is 0 Å². The van der Waals surface area contributed by atoms with Gasteiger partial charge >= 0.3 is 12.0 Å². The fourth-order valence-electron chi connectivity index (χ4n) is 3.18. The molecule has 2 heterocycles. The number of phenolic OH excluding ortho intramolecular Hbond substituents is 1. The summed E-state index contributed by atoms with van der Waals surface area (Å²) < 4.78 is 5.39. The van der Waals surface area contributed by atoms with Gasteiger partial charge < -0.3 is 20.1 Å². The van der Waals surface area contributed by atoms with Crippen molar-refractivity contribution in [2.75, 3.05) is 6.54 Å². The van der Waals surface area contributed by atoms with Crippen LogP contribution in [0, 0.1) is 0 Å². The second kappa shape index (κ2) is 5.74. The minimum atomic E-state index is -1.00. The van der Waals surface area contributed by atoms with Crippen molar-refractivity contribution in [3.05, 3.63) is 30.0 Å². The number of urea groups is 1. The Morgan fingerprint density at radius 2 is 2.21 bits per heavy atom. The van der Waals surface area contributed by atoms with Crippen molar-refractivity contribution in [1.29, 1.82) is 0 Å². The number of carbonyl (C=O) groups excluding carboxylic acids is 2. The molecule has 1 aliphatic heterocycles. The Hall–Kier alpha value is -2.70. The number of nitrogens with zero attached hydrogens (tertiary/aromatic N) is 1. The summed E-state index contributed by atoms with van der Waals surface area (Å²) >= 11 is 0. The second-order valence-corrected chi connectivity index (χ2v) is 6.34. The fourth-order valence-corrected chi connectivity index (χ4v) is 3.18. The van der Waals surface area contributed by atoms with Gasteiger partial charge in [-0.25, -0.2) is 9.59 Å². The molecule has 7 heteroatoms. The normalized spacial score (nSPS) is 19.5. The lowest BCUT2D eigenvalue weighted by Crippen LogP contribution is -2.53. The molecule has 24 heavy (non-hydrogen) atoms. The van der Waals surface area contributed by atoms with Crippen LogP contribution in [0.5, 0.6) is 5.75 Å². The molecular weight excluding hydrogens is 310 g/mol. The van der Waals surface area contributed by atoms with Crippen molar-refractivity contribution in [2.24, 2.45) is 0 Å². The molecule has 0 unspecified atom stereocenters. The molecule has 1 aromatic heterocycles. The fraction of sp³-hybridized carbons (Fsp3) is 0.412. The lowest BCUT2D eigenvalue weighted by molar-refractivity contribution is -0.148. The van der Waals surface area contributed by atoms with Crippen LogP contribution in [0.4, 0.5) is 4.79 Å². The largest absolute Gasteiger partial charge is 0.508 e. The van der Waals surface area contributed by atoms with E-state index < -0.39 is 17.7 Å². The zero-order valence-corrected chi connectivity index (χ0v) is 13.9. The van der Waals surface area contributed by atoms with E-state index in [9.17, 15) is 14.7 Å². The first-order chi connectivity index (χ1) is 11.3. The molecule has 128 valence electrons. The summed E-state index contributed by atoms with van der Waals surface area (Å²) in [7, 11) is 0. The molecule has 2 aromatic rings. The molecule has 0 bridgehead atoms. The summed E-state index contributed by atoms with van der Waals surface area (Å²) in [5.41, 5.74) is 0.697. The van der Waals surface area contributed by atoms with Gasteiger partial charge in [-0.05, 0) is 44.5 Å². The Kier molecular flexibility index (Phi) is 3.87. The number of carbonyl (C=O) groups is 2. The van der Waals surface area contributed by atoms with Gasteiger partial charge in [-0.15, -0.1) is 0 Å². The number of cyclic esters (lactones) is 1. The first-order valence-corrected chi connectivity index (χ1v) is 7.92. The SMILES string of the molecule is CCNC(=O)N1[C@@H](Cc2c[nH]c3ccc(O)cc23)C(=O)OC1(C)C. The predicted molar refractivity (Wildman–Crippen MR) is 88.5 cm³/mol. The molecule has 2 amide bonds. The van der Waals surface area contributed by atoms with Crippen molar-refractivity contribution in [1.82, 2.24) is 15.2 Å². The van der Waals surface area contributed by atoms with E-state index in [1.807, 2.05) is 6.92 Å². The Balaban J connectivity index is 1.95. The standard InChI is InChI=1S/C17H21N3O4/c1-4-18-16(23)20-14(15(22)24-17(20,2)3)7-10-9-19-13-6-5-11(21)8-12(10)13/h5-6,8-9,14,19,21H,4,7H2,1-3H3,(H,18,23)/t14-/m0/s1. The van der Waals surface area contributed by atoms with Gasteiger partial charge in [-0.3, -0.25) is 4.90 Å². The van der Waals surface area contributed by atoms with Crippen LogP contribution in [0.2, 0.25) is 0 Å². The number of fused-ring (bicyclic) bond motifs is 1. The van der Waals surface area contributed by atoms with E-state index in [1.54, 1.807) is 38.2 Å². The maximum atomic E-state index is 12.4. The topological polar surface area (TPSA) is 94.7 Å². The number of ether oxygens (including phenoxy) is 1. The van der Waals surface area contributed by atoms with Crippen LogP contribution in [0.15, 0.2) is 24.4 Å². The van der Waals surface area contributed by atoms with Crippen LogP contribution in [0.1, 0.15) is 26.3 Å². The number of hydrogen-bond acceptors (Lipinski definition) is 4. The van der Waals surface area contributed by atoms with Gasteiger partial charge in [0.05, 0.1) is 0 Å².